The molecule has 112 valence electrons. The first-order valence-corrected chi connectivity index (χ1v) is 6.20. The zero-order chi connectivity index (χ0) is 15.2. The summed E-state index contributed by atoms with van der Waals surface area (Å²) in [6.07, 6.45) is -4.21. The van der Waals surface area contributed by atoms with Crippen molar-refractivity contribution in [3.8, 4) is 5.75 Å². The molecule has 0 saturated carbocycles. The number of rotatable bonds is 7. The molecule has 1 aromatic carbocycles. The van der Waals surface area contributed by atoms with Crippen molar-refractivity contribution in [1.82, 2.24) is 4.90 Å². The maximum absolute atomic E-state index is 12.2. The van der Waals surface area contributed by atoms with E-state index in [4.69, 9.17) is 14.8 Å². The van der Waals surface area contributed by atoms with E-state index >= 15 is 0 Å². The number of hydrogen-bond acceptors (Lipinski definition) is 4. The molecule has 1 aromatic rings. The summed E-state index contributed by atoms with van der Waals surface area (Å²) in [5.74, 6) is 0.470. The average molecular weight is 291 g/mol. The van der Waals surface area contributed by atoms with Crippen LogP contribution in [0.15, 0.2) is 24.3 Å². The predicted octanol–water partition coefficient (Wildman–Crippen LogP) is 0.629. The summed E-state index contributed by atoms with van der Waals surface area (Å²) in [6, 6.07) is 6.03. The van der Waals surface area contributed by atoms with Crippen molar-refractivity contribution < 1.29 is 28.0 Å². The van der Waals surface area contributed by atoms with Gasteiger partial charge in [-0.3, -0.25) is 4.90 Å². The van der Waals surface area contributed by atoms with Crippen molar-refractivity contribution in [3.63, 3.8) is 0 Å². The maximum Gasteiger partial charge on any atom is 0.488 e. The monoisotopic (exact) mass is 291 g/mol. The summed E-state index contributed by atoms with van der Waals surface area (Å²) >= 11 is 0. The third-order valence-corrected chi connectivity index (χ3v) is 2.70. The van der Waals surface area contributed by atoms with Crippen molar-refractivity contribution >= 4 is 12.6 Å². The van der Waals surface area contributed by atoms with Crippen LogP contribution in [0.1, 0.15) is 6.92 Å². The highest BCUT2D eigenvalue weighted by Crippen LogP contribution is 2.16. The Bertz CT molecular complexity index is 398. The van der Waals surface area contributed by atoms with Gasteiger partial charge < -0.3 is 14.8 Å². The van der Waals surface area contributed by atoms with E-state index in [-0.39, 0.29) is 13.2 Å². The largest absolute Gasteiger partial charge is 0.492 e. The second-order valence-electron chi connectivity index (χ2n) is 4.28. The SMILES string of the molecule is CCN(CCOc1ccc(B(O)O)cc1)CC(F)(F)F. The Hall–Kier alpha value is -1.25. The lowest BCUT2D eigenvalue weighted by atomic mass is 9.80. The minimum Gasteiger partial charge on any atom is -0.492 e. The first-order chi connectivity index (χ1) is 9.31. The Morgan fingerprint density at radius 2 is 1.80 bits per heavy atom. The molecule has 1 rings (SSSR count). The minimum absolute atomic E-state index is 0.130. The highest BCUT2D eigenvalue weighted by atomic mass is 19.4. The summed E-state index contributed by atoms with van der Waals surface area (Å²) in [5, 5.41) is 17.8. The molecule has 2 N–H and O–H groups in total. The molecule has 0 atom stereocenters. The Morgan fingerprint density at radius 3 is 2.25 bits per heavy atom. The summed E-state index contributed by atoms with van der Waals surface area (Å²) in [6.45, 7) is 1.29. The van der Waals surface area contributed by atoms with Crippen LogP contribution >= 0.6 is 0 Å². The van der Waals surface area contributed by atoms with Gasteiger partial charge in [-0.25, -0.2) is 0 Å². The molecule has 0 radical (unpaired) electrons. The molecule has 0 fully saturated rings. The Labute approximate surface area is 115 Å². The van der Waals surface area contributed by atoms with Crippen LogP contribution in [0.5, 0.6) is 5.75 Å². The van der Waals surface area contributed by atoms with Crippen molar-refractivity contribution in [3.05, 3.63) is 24.3 Å². The Morgan fingerprint density at radius 1 is 1.20 bits per heavy atom. The van der Waals surface area contributed by atoms with E-state index in [0.717, 1.165) is 0 Å². The van der Waals surface area contributed by atoms with E-state index in [1.54, 1.807) is 6.92 Å². The first-order valence-electron chi connectivity index (χ1n) is 6.20. The van der Waals surface area contributed by atoms with Gasteiger partial charge in [0.1, 0.15) is 12.4 Å². The van der Waals surface area contributed by atoms with E-state index in [1.165, 1.54) is 29.2 Å². The van der Waals surface area contributed by atoms with E-state index in [1.807, 2.05) is 0 Å². The third-order valence-electron chi connectivity index (χ3n) is 2.70. The lowest BCUT2D eigenvalue weighted by molar-refractivity contribution is -0.146. The summed E-state index contributed by atoms with van der Waals surface area (Å²) < 4.78 is 42.0. The van der Waals surface area contributed by atoms with Crippen LogP contribution in [0.2, 0.25) is 0 Å². The van der Waals surface area contributed by atoms with Crippen LogP contribution in [0.3, 0.4) is 0 Å². The van der Waals surface area contributed by atoms with E-state index in [0.29, 0.717) is 17.8 Å². The van der Waals surface area contributed by atoms with Gasteiger partial charge in [0.2, 0.25) is 0 Å². The van der Waals surface area contributed by atoms with Crippen LogP contribution < -0.4 is 10.2 Å². The highest BCUT2D eigenvalue weighted by molar-refractivity contribution is 6.58. The van der Waals surface area contributed by atoms with Crippen LogP contribution in [0.4, 0.5) is 13.2 Å². The minimum atomic E-state index is -4.21. The molecule has 4 nitrogen and oxygen atoms in total. The van der Waals surface area contributed by atoms with Crippen molar-refractivity contribution in [2.75, 3.05) is 26.2 Å². The van der Waals surface area contributed by atoms with E-state index in [9.17, 15) is 13.2 Å². The topological polar surface area (TPSA) is 52.9 Å². The predicted molar refractivity (Wildman–Crippen MR) is 69.9 cm³/mol. The molecule has 0 aromatic heterocycles. The van der Waals surface area contributed by atoms with Gasteiger partial charge in [-0.2, -0.15) is 13.2 Å². The summed E-state index contributed by atoms with van der Waals surface area (Å²) in [7, 11) is -1.55. The van der Waals surface area contributed by atoms with Gasteiger partial charge in [0.15, 0.2) is 0 Å². The molecule has 0 aliphatic rings. The van der Waals surface area contributed by atoms with Crippen LogP contribution in [0, 0.1) is 0 Å². The molecular formula is C12H17BF3NO3. The van der Waals surface area contributed by atoms with Crippen LogP contribution in [0.25, 0.3) is 0 Å². The normalized spacial score (nSPS) is 11.8. The van der Waals surface area contributed by atoms with E-state index in [2.05, 4.69) is 0 Å². The van der Waals surface area contributed by atoms with Crippen molar-refractivity contribution in [1.29, 1.82) is 0 Å². The quantitative estimate of drug-likeness (QED) is 0.724. The van der Waals surface area contributed by atoms with Gasteiger partial charge in [0.25, 0.3) is 0 Å². The smallest absolute Gasteiger partial charge is 0.488 e. The lowest BCUT2D eigenvalue weighted by Gasteiger charge is -2.21. The fourth-order valence-corrected chi connectivity index (χ4v) is 1.63. The molecule has 0 bridgehead atoms. The molecule has 0 heterocycles. The number of hydrogen-bond donors (Lipinski definition) is 2. The van der Waals surface area contributed by atoms with Crippen molar-refractivity contribution in [2.24, 2.45) is 0 Å². The molecule has 0 amide bonds. The zero-order valence-electron chi connectivity index (χ0n) is 11.1. The first kappa shape index (κ1) is 16.8. The van der Waals surface area contributed by atoms with Gasteiger partial charge in [-0.05, 0) is 24.1 Å². The molecular weight excluding hydrogens is 274 g/mol. The Balaban J connectivity index is 2.39. The summed E-state index contributed by atoms with van der Waals surface area (Å²) in [5.41, 5.74) is 0.324. The van der Waals surface area contributed by atoms with E-state index < -0.39 is 19.8 Å². The number of halogens is 3. The molecule has 0 unspecified atom stereocenters. The fourth-order valence-electron chi connectivity index (χ4n) is 1.63. The second kappa shape index (κ2) is 7.51. The molecule has 0 aliphatic carbocycles. The lowest BCUT2D eigenvalue weighted by Crippen LogP contribution is -2.36. The third kappa shape index (κ3) is 6.27. The number of alkyl halides is 3. The Kier molecular flexibility index (Phi) is 6.32. The number of nitrogens with zero attached hydrogens (tertiary/aromatic N) is 1. The van der Waals surface area contributed by atoms with Crippen molar-refractivity contribution in [2.45, 2.75) is 13.1 Å². The van der Waals surface area contributed by atoms with Crippen LogP contribution in [-0.2, 0) is 0 Å². The molecule has 8 heteroatoms. The van der Waals surface area contributed by atoms with Gasteiger partial charge in [-0.1, -0.05) is 19.1 Å². The average Bonchev–Trinajstić information content (AvgIpc) is 2.36. The highest BCUT2D eigenvalue weighted by Gasteiger charge is 2.29. The molecule has 0 aliphatic heterocycles. The maximum atomic E-state index is 12.2. The zero-order valence-corrected chi connectivity index (χ0v) is 11.1. The summed E-state index contributed by atoms with van der Waals surface area (Å²) in [4.78, 5) is 1.24. The van der Waals surface area contributed by atoms with Gasteiger partial charge in [-0.15, -0.1) is 0 Å². The van der Waals surface area contributed by atoms with Gasteiger partial charge >= 0.3 is 13.3 Å². The molecule has 20 heavy (non-hydrogen) atoms. The number of benzene rings is 1. The van der Waals surface area contributed by atoms with Gasteiger partial charge in [0.05, 0.1) is 6.54 Å². The fraction of sp³-hybridized carbons (Fsp3) is 0.500. The number of ether oxygens (including phenoxy) is 1. The van der Waals surface area contributed by atoms with Crippen LogP contribution in [-0.4, -0.2) is 54.5 Å². The number of likely N-dealkylation sites (N-methyl/N-ethyl adjacent to an activating group) is 1. The molecule has 0 spiro atoms. The van der Waals surface area contributed by atoms with Gasteiger partial charge in [0, 0.05) is 6.54 Å². The second-order valence-corrected chi connectivity index (χ2v) is 4.28. The standard InChI is InChI=1S/C12H17BF3NO3/c1-2-17(9-12(14,15)16)7-8-20-11-5-3-10(4-6-11)13(18)19/h3-6,18-19H,2,7-9H2,1H3. The molecule has 0 saturated heterocycles.